The van der Waals surface area contributed by atoms with Crippen molar-refractivity contribution in [2.45, 2.75) is 58.7 Å². The molecule has 2 unspecified atom stereocenters. The number of hydrogen-bond acceptors (Lipinski definition) is 3. The van der Waals surface area contributed by atoms with Crippen molar-refractivity contribution in [3.05, 3.63) is 29.3 Å². The largest absolute Gasteiger partial charge is 0.493 e. The summed E-state index contributed by atoms with van der Waals surface area (Å²) in [5.41, 5.74) is 2.24. The van der Waals surface area contributed by atoms with Crippen molar-refractivity contribution in [3.8, 4) is 5.75 Å². The molecule has 1 aromatic rings. The SMILES string of the molecule is CC(NC(C)c1ccc2c(c1)CCO2)C(=O)NC(C)(C)C. The zero-order valence-electron chi connectivity index (χ0n) is 13.6. The van der Waals surface area contributed by atoms with Gasteiger partial charge in [0.2, 0.25) is 5.91 Å². The number of carbonyl (C=O) groups is 1. The molecule has 0 radical (unpaired) electrons. The van der Waals surface area contributed by atoms with E-state index in [0.29, 0.717) is 0 Å². The molecule has 2 atom stereocenters. The molecule has 1 amide bonds. The first kappa shape index (κ1) is 15.8. The predicted molar refractivity (Wildman–Crippen MR) is 84.5 cm³/mol. The summed E-state index contributed by atoms with van der Waals surface area (Å²) in [7, 11) is 0. The van der Waals surface area contributed by atoms with Crippen LogP contribution in [0.3, 0.4) is 0 Å². The molecule has 1 heterocycles. The lowest BCUT2D eigenvalue weighted by atomic mass is 10.0. The van der Waals surface area contributed by atoms with Crippen LogP contribution < -0.4 is 15.4 Å². The topological polar surface area (TPSA) is 50.4 Å². The molecule has 2 rings (SSSR count). The number of ether oxygens (including phenoxy) is 1. The highest BCUT2D eigenvalue weighted by molar-refractivity contribution is 5.82. The molecule has 4 heteroatoms. The van der Waals surface area contributed by atoms with Crippen molar-refractivity contribution in [1.82, 2.24) is 10.6 Å². The van der Waals surface area contributed by atoms with Crippen LogP contribution in [-0.2, 0) is 11.2 Å². The van der Waals surface area contributed by atoms with Gasteiger partial charge in [0.15, 0.2) is 0 Å². The van der Waals surface area contributed by atoms with E-state index < -0.39 is 0 Å². The molecule has 116 valence electrons. The van der Waals surface area contributed by atoms with E-state index in [0.717, 1.165) is 18.8 Å². The summed E-state index contributed by atoms with van der Waals surface area (Å²) in [6.07, 6.45) is 0.968. The van der Waals surface area contributed by atoms with Gasteiger partial charge < -0.3 is 10.1 Å². The number of nitrogens with one attached hydrogen (secondary N) is 2. The smallest absolute Gasteiger partial charge is 0.237 e. The molecule has 0 spiro atoms. The fourth-order valence-corrected chi connectivity index (χ4v) is 2.50. The quantitative estimate of drug-likeness (QED) is 0.896. The molecule has 2 N–H and O–H groups in total. The second-order valence-corrected chi connectivity index (χ2v) is 6.81. The second-order valence-electron chi connectivity index (χ2n) is 6.81. The van der Waals surface area contributed by atoms with Gasteiger partial charge in [0.1, 0.15) is 5.75 Å². The van der Waals surface area contributed by atoms with E-state index in [2.05, 4.69) is 29.7 Å². The Morgan fingerprint density at radius 3 is 2.67 bits per heavy atom. The Bertz CT molecular complexity index is 520. The van der Waals surface area contributed by atoms with E-state index in [1.807, 2.05) is 33.8 Å². The first-order chi connectivity index (χ1) is 9.76. The third kappa shape index (κ3) is 4.21. The van der Waals surface area contributed by atoms with E-state index in [9.17, 15) is 4.79 Å². The minimum Gasteiger partial charge on any atom is -0.493 e. The summed E-state index contributed by atoms with van der Waals surface area (Å²) in [6, 6.07) is 6.15. The van der Waals surface area contributed by atoms with Crippen LogP contribution >= 0.6 is 0 Å². The zero-order chi connectivity index (χ0) is 15.6. The summed E-state index contributed by atoms with van der Waals surface area (Å²) in [5, 5.41) is 6.35. The van der Waals surface area contributed by atoms with Crippen molar-refractivity contribution in [1.29, 1.82) is 0 Å². The lowest BCUT2D eigenvalue weighted by Gasteiger charge is -2.25. The Hall–Kier alpha value is -1.55. The van der Waals surface area contributed by atoms with Crippen molar-refractivity contribution < 1.29 is 9.53 Å². The summed E-state index contributed by atoms with van der Waals surface area (Å²) in [6.45, 7) is 10.7. The van der Waals surface area contributed by atoms with Gasteiger partial charge in [-0.25, -0.2) is 0 Å². The molecule has 0 bridgehead atoms. The average molecular weight is 290 g/mol. The fourth-order valence-electron chi connectivity index (χ4n) is 2.50. The normalized spacial score (nSPS) is 16.8. The van der Waals surface area contributed by atoms with Crippen molar-refractivity contribution in [3.63, 3.8) is 0 Å². The van der Waals surface area contributed by atoms with Crippen LogP contribution in [0.1, 0.15) is 51.8 Å². The molecule has 0 saturated heterocycles. The van der Waals surface area contributed by atoms with Gasteiger partial charge in [-0.15, -0.1) is 0 Å². The van der Waals surface area contributed by atoms with Crippen LogP contribution in [0, 0.1) is 0 Å². The van der Waals surface area contributed by atoms with Gasteiger partial charge in [-0.2, -0.15) is 0 Å². The van der Waals surface area contributed by atoms with Gasteiger partial charge >= 0.3 is 0 Å². The zero-order valence-corrected chi connectivity index (χ0v) is 13.6. The number of carbonyl (C=O) groups excluding carboxylic acids is 1. The molecule has 0 fully saturated rings. The standard InChI is InChI=1S/C17H26N2O2/c1-11(18-12(2)16(20)19-17(3,4)5)13-6-7-15-14(10-13)8-9-21-15/h6-7,10-12,18H,8-9H2,1-5H3,(H,19,20). The van der Waals surface area contributed by atoms with Crippen LogP contribution in [0.15, 0.2) is 18.2 Å². The maximum absolute atomic E-state index is 12.1. The molecule has 1 aromatic carbocycles. The van der Waals surface area contributed by atoms with Gasteiger partial charge in [0.05, 0.1) is 12.6 Å². The van der Waals surface area contributed by atoms with Crippen LogP contribution in [0.5, 0.6) is 5.75 Å². The van der Waals surface area contributed by atoms with Gasteiger partial charge in [0, 0.05) is 18.0 Å². The van der Waals surface area contributed by atoms with Gasteiger partial charge in [-0.1, -0.05) is 12.1 Å². The predicted octanol–water partition coefficient (Wildman–Crippen LogP) is 2.58. The monoisotopic (exact) mass is 290 g/mol. The summed E-state index contributed by atoms with van der Waals surface area (Å²) >= 11 is 0. The summed E-state index contributed by atoms with van der Waals surface area (Å²) in [5.74, 6) is 1.02. The Labute approximate surface area is 127 Å². The highest BCUT2D eigenvalue weighted by atomic mass is 16.5. The number of amides is 1. The third-order valence-electron chi connectivity index (χ3n) is 3.60. The van der Waals surface area contributed by atoms with Crippen molar-refractivity contribution >= 4 is 5.91 Å². The van der Waals surface area contributed by atoms with Gasteiger partial charge in [0.25, 0.3) is 0 Å². The molecule has 4 nitrogen and oxygen atoms in total. The van der Waals surface area contributed by atoms with Crippen molar-refractivity contribution in [2.24, 2.45) is 0 Å². The average Bonchev–Trinajstić information content (AvgIpc) is 2.83. The Morgan fingerprint density at radius 2 is 2.00 bits per heavy atom. The minimum atomic E-state index is -0.233. The van der Waals surface area contributed by atoms with Crippen LogP contribution in [-0.4, -0.2) is 24.1 Å². The van der Waals surface area contributed by atoms with E-state index >= 15 is 0 Å². The minimum absolute atomic E-state index is 0.0267. The van der Waals surface area contributed by atoms with Gasteiger partial charge in [-0.05, 0) is 51.8 Å². The van der Waals surface area contributed by atoms with Gasteiger partial charge in [-0.3, -0.25) is 10.1 Å². The Kier molecular flexibility index (Phi) is 4.57. The molecular weight excluding hydrogens is 264 g/mol. The van der Waals surface area contributed by atoms with E-state index in [-0.39, 0.29) is 23.5 Å². The second kappa shape index (κ2) is 6.06. The molecule has 21 heavy (non-hydrogen) atoms. The first-order valence-corrected chi connectivity index (χ1v) is 7.60. The van der Waals surface area contributed by atoms with Crippen LogP contribution in [0.25, 0.3) is 0 Å². The lowest BCUT2D eigenvalue weighted by molar-refractivity contribution is -0.124. The lowest BCUT2D eigenvalue weighted by Crippen LogP contribution is -2.49. The Balaban J connectivity index is 1.97. The molecule has 1 aliphatic rings. The molecule has 0 saturated carbocycles. The number of fused-ring (bicyclic) bond motifs is 1. The molecular formula is C17H26N2O2. The maximum atomic E-state index is 12.1. The first-order valence-electron chi connectivity index (χ1n) is 7.60. The number of rotatable bonds is 4. The van der Waals surface area contributed by atoms with Crippen molar-refractivity contribution in [2.75, 3.05) is 6.61 Å². The summed E-state index contributed by atoms with van der Waals surface area (Å²) < 4.78 is 5.52. The third-order valence-corrected chi connectivity index (χ3v) is 3.60. The molecule has 0 aromatic heterocycles. The Morgan fingerprint density at radius 1 is 1.29 bits per heavy atom. The van der Waals surface area contributed by atoms with E-state index in [1.165, 1.54) is 11.1 Å². The van der Waals surface area contributed by atoms with E-state index in [4.69, 9.17) is 4.74 Å². The fraction of sp³-hybridized carbons (Fsp3) is 0.588. The molecule has 1 aliphatic heterocycles. The maximum Gasteiger partial charge on any atom is 0.237 e. The van der Waals surface area contributed by atoms with E-state index in [1.54, 1.807) is 0 Å². The number of benzene rings is 1. The number of hydrogen-bond donors (Lipinski definition) is 2. The highest BCUT2D eigenvalue weighted by Gasteiger charge is 2.21. The highest BCUT2D eigenvalue weighted by Crippen LogP contribution is 2.28. The summed E-state index contributed by atoms with van der Waals surface area (Å²) in [4.78, 5) is 12.1. The molecule has 0 aliphatic carbocycles. The van der Waals surface area contributed by atoms with Crippen LogP contribution in [0.4, 0.5) is 0 Å². The van der Waals surface area contributed by atoms with Crippen LogP contribution in [0.2, 0.25) is 0 Å².